The third kappa shape index (κ3) is 3.47. The first kappa shape index (κ1) is 16.2. The zero-order valence-electron chi connectivity index (χ0n) is 13.1. The third-order valence-electron chi connectivity index (χ3n) is 3.54. The van der Waals surface area contributed by atoms with Crippen LogP contribution in [0.2, 0.25) is 0 Å². The number of phenolic OH excluding ortho intramolecular Hbond substituents is 1. The fourth-order valence-corrected chi connectivity index (χ4v) is 2.22. The van der Waals surface area contributed by atoms with E-state index in [1.165, 1.54) is 36.4 Å². The Morgan fingerprint density at radius 1 is 1.20 bits per heavy atom. The molecule has 0 aliphatic rings. The number of hydrazone groups is 1. The number of nitro groups is 1. The number of nitrogens with zero attached hydrogens (tertiary/aromatic N) is 2. The van der Waals surface area contributed by atoms with Gasteiger partial charge in [-0.25, -0.2) is 4.79 Å². The Morgan fingerprint density at radius 3 is 2.60 bits per heavy atom. The Kier molecular flexibility index (Phi) is 4.17. The molecule has 1 heterocycles. The van der Waals surface area contributed by atoms with Crippen molar-refractivity contribution in [2.24, 2.45) is 5.10 Å². The van der Waals surface area contributed by atoms with Gasteiger partial charge in [0.15, 0.2) is 0 Å². The van der Waals surface area contributed by atoms with E-state index in [1.54, 1.807) is 19.1 Å². The molecule has 0 amide bonds. The highest BCUT2D eigenvalue weighted by Gasteiger charge is 2.09. The summed E-state index contributed by atoms with van der Waals surface area (Å²) < 4.78 is 5.19. The summed E-state index contributed by atoms with van der Waals surface area (Å²) in [5.41, 5.74) is 3.62. The molecule has 0 aliphatic carbocycles. The molecule has 0 saturated carbocycles. The fourth-order valence-electron chi connectivity index (χ4n) is 2.22. The molecule has 25 heavy (non-hydrogen) atoms. The Morgan fingerprint density at radius 2 is 1.92 bits per heavy atom. The van der Waals surface area contributed by atoms with Crippen molar-refractivity contribution in [2.75, 3.05) is 5.43 Å². The third-order valence-corrected chi connectivity index (χ3v) is 3.54. The van der Waals surface area contributed by atoms with Crippen LogP contribution in [0.3, 0.4) is 0 Å². The van der Waals surface area contributed by atoms with Gasteiger partial charge in [0.05, 0.1) is 21.9 Å². The molecule has 2 N–H and O–H groups in total. The zero-order valence-corrected chi connectivity index (χ0v) is 13.1. The van der Waals surface area contributed by atoms with Crippen molar-refractivity contribution >= 4 is 28.1 Å². The summed E-state index contributed by atoms with van der Waals surface area (Å²) >= 11 is 0. The molecule has 0 atom stereocenters. The molecule has 3 aromatic rings. The van der Waals surface area contributed by atoms with Crippen LogP contribution < -0.4 is 11.1 Å². The minimum atomic E-state index is -0.579. The quantitative estimate of drug-likeness (QED) is 0.326. The van der Waals surface area contributed by atoms with E-state index >= 15 is 0 Å². The van der Waals surface area contributed by atoms with Gasteiger partial charge in [-0.15, -0.1) is 0 Å². The lowest BCUT2D eigenvalue weighted by Crippen LogP contribution is -2.13. The van der Waals surface area contributed by atoms with Crippen molar-refractivity contribution in [3.8, 4) is 5.75 Å². The van der Waals surface area contributed by atoms with E-state index in [4.69, 9.17) is 4.42 Å². The van der Waals surface area contributed by atoms with Crippen molar-refractivity contribution < 1.29 is 14.4 Å². The number of rotatable bonds is 4. The van der Waals surface area contributed by atoms with Crippen LogP contribution in [0.1, 0.15) is 12.5 Å². The lowest BCUT2D eigenvalue weighted by molar-refractivity contribution is -0.384. The molecular weight excluding hydrogens is 326 g/mol. The number of benzene rings is 2. The Bertz CT molecular complexity index is 1040. The molecule has 0 bridgehead atoms. The fraction of sp³-hybridized carbons (Fsp3) is 0.0588. The zero-order chi connectivity index (χ0) is 18.0. The number of phenols is 1. The van der Waals surface area contributed by atoms with Crippen LogP contribution in [-0.4, -0.2) is 15.7 Å². The highest BCUT2D eigenvalue weighted by atomic mass is 16.6. The molecule has 3 rings (SSSR count). The first-order chi connectivity index (χ1) is 11.9. The SMILES string of the molecule is CC(=NNc1ccc([N+](=O)[O-])cc1)c1cc2ccc(O)cc2oc1=O. The van der Waals surface area contributed by atoms with Crippen LogP contribution in [0.25, 0.3) is 11.0 Å². The molecule has 1 aromatic heterocycles. The molecule has 0 aliphatic heterocycles. The summed E-state index contributed by atoms with van der Waals surface area (Å²) in [4.78, 5) is 22.2. The predicted octanol–water partition coefficient (Wildman–Crippen LogP) is 3.24. The molecule has 126 valence electrons. The minimum absolute atomic E-state index is 0.00799. The molecular formula is C17H13N3O5. The van der Waals surface area contributed by atoms with Gasteiger partial charge in [0, 0.05) is 23.6 Å². The molecule has 0 spiro atoms. The van der Waals surface area contributed by atoms with E-state index in [0.717, 1.165) is 0 Å². The second kappa shape index (κ2) is 6.44. The molecule has 0 fully saturated rings. The first-order valence-corrected chi connectivity index (χ1v) is 7.26. The highest BCUT2D eigenvalue weighted by Crippen LogP contribution is 2.20. The van der Waals surface area contributed by atoms with Gasteiger partial charge in [-0.2, -0.15) is 5.10 Å². The van der Waals surface area contributed by atoms with Crippen molar-refractivity contribution in [2.45, 2.75) is 6.92 Å². The maximum Gasteiger partial charge on any atom is 0.345 e. The number of aromatic hydroxyl groups is 1. The summed E-state index contributed by atoms with van der Waals surface area (Å²) in [5.74, 6) is 0.00799. The normalized spacial score (nSPS) is 11.5. The molecule has 8 heteroatoms. The number of nitro benzene ring substituents is 1. The van der Waals surface area contributed by atoms with Gasteiger partial charge in [-0.3, -0.25) is 15.5 Å². The lowest BCUT2D eigenvalue weighted by Gasteiger charge is -2.04. The molecule has 0 saturated heterocycles. The largest absolute Gasteiger partial charge is 0.508 e. The van der Waals surface area contributed by atoms with Gasteiger partial charge in [-0.1, -0.05) is 0 Å². The van der Waals surface area contributed by atoms with Gasteiger partial charge in [0.2, 0.25) is 0 Å². The van der Waals surface area contributed by atoms with Crippen LogP contribution in [0, 0.1) is 10.1 Å². The van der Waals surface area contributed by atoms with E-state index in [1.807, 2.05) is 0 Å². The van der Waals surface area contributed by atoms with Crippen LogP contribution >= 0.6 is 0 Å². The molecule has 0 unspecified atom stereocenters. The monoisotopic (exact) mass is 339 g/mol. The van der Waals surface area contributed by atoms with Gasteiger partial charge < -0.3 is 9.52 Å². The van der Waals surface area contributed by atoms with E-state index < -0.39 is 10.5 Å². The maximum atomic E-state index is 12.1. The number of non-ortho nitro benzene ring substituents is 1. The van der Waals surface area contributed by atoms with Crippen LogP contribution in [0.5, 0.6) is 5.75 Å². The Hall–Kier alpha value is -3.68. The van der Waals surface area contributed by atoms with Crippen molar-refractivity contribution in [3.05, 3.63) is 74.6 Å². The van der Waals surface area contributed by atoms with E-state index in [0.29, 0.717) is 16.8 Å². The van der Waals surface area contributed by atoms with E-state index in [2.05, 4.69) is 10.5 Å². The topological polar surface area (TPSA) is 118 Å². The van der Waals surface area contributed by atoms with E-state index in [9.17, 15) is 20.0 Å². The van der Waals surface area contributed by atoms with Crippen LogP contribution in [0.4, 0.5) is 11.4 Å². The smallest absolute Gasteiger partial charge is 0.345 e. The minimum Gasteiger partial charge on any atom is -0.508 e. The molecule has 0 radical (unpaired) electrons. The second-order valence-electron chi connectivity index (χ2n) is 5.28. The summed E-state index contributed by atoms with van der Waals surface area (Å²) in [5, 5.41) is 24.8. The molecule has 2 aromatic carbocycles. The first-order valence-electron chi connectivity index (χ1n) is 7.26. The Labute approximate surface area is 141 Å². The van der Waals surface area contributed by atoms with Crippen LogP contribution in [0.15, 0.2) is 62.8 Å². The van der Waals surface area contributed by atoms with Crippen molar-refractivity contribution in [1.29, 1.82) is 0 Å². The van der Waals surface area contributed by atoms with Crippen molar-refractivity contribution in [1.82, 2.24) is 0 Å². The lowest BCUT2D eigenvalue weighted by atomic mass is 10.1. The van der Waals surface area contributed by atoms with Gasteiger partial charge >= 0.3 is 5.63 Å². The Balaban J connectivity index is 1.88. The summed E-state index contributed by atoms with van der Waals surface area (Å²) in [7, 11) is 0. The summed E-state index contributed by atoms with van der Waals surface area (Å²) in [6.45, 7) is 1.64. The number of nitrogens with one attached hydrogen (secondary N) is 1. The van der Waals surface area contributed by atoms with Gasteiger partial charge in [0.1, 0.15) is 11.3 Å². The average molecular weight is 339 g/mol. The van der Waals surface area contributed by atoms with Gasteiger partial charge in [0.25, 0.3) is 5.69 Å². The summed E-state index contributed by atoms with van der Waals surface area (Å²) in [6, 6.07) is 11.8. The summed E-state index contributed by atoms with van der Waals surface area (Å²) in [6.07, 6.45) is 0. The van der Waals surface area contributed by atoms with Crippen molar-refractivity contribution in [3.63, 3.8) is 0 Å². The molecule has 8 nitrogen and oxygen atoms in total. The number of anilines is 1. The number of hydrogen-bond donors (Lipinski definition) is 2. The number of hydrogen-bond acceptors (Lipinski definition) is 7. The predicted molar refractivity (Wildman–Crippen MR) is 93.1 cm³/mol. The maximum absolute atomic E-state index is 12.1. The highest BCUT2D eigenvalue weighted by molar-refractivity contribution is 6.00. The second-order valence-corrected chi connectivity index (χ2v) is 5.28. The number of fused-ring (bicyclic) bond motifs is 1. The van der Waals surface area contributed by atoms with Crippen LogP contribution in [-0.2, 0) is 0 Å². The average Bonchev–Trinajstić information content (AvgIpc) is 2.59. The van der Waals surface area contributed by atoms with E-state index in [-0.39, 0.29) is 22.6 Å². The standard InChI is InChI=1S/C17H13N3O5/c1-10(18-19-12-3-5-13(6-4-12)20(23)24)15-8-11-2-7-14(21)9-16(11)25-17(15)22/h2-9,19,21H,1H3. The van der Waals surface area contributed by atoms with Gasteiger partial charge in [-0.05, 0) is 37.3 Å².